The van der Waals surface area contributed by atoms with Gasteiger partial charge in [0, 0.05) is 18.2 Å². The minimum atomic E-state index is 0. The van der Waals surface area contributed by atoms with Crippen LogP contribution >= 0.6 is 12.4 Å². The lowest BCUT2D eigenvalue weighted by molar-refractivity contribution is -0.116. The second kappa shape index (κ2) is 8.66. The molecule has 0 aromatic heterocycles. The number of hydrogen-bond acceptors (Lipinski definition) is 4. The fourth-order valence-corrected chi connectivity index (χ4v) is 1.98. The second-order valence-electron chi connectivity index (χ2n) is 4.57. The van der Waals surface area contributed by atoms with Gasteiger partial charge in [-0.25, -0.2) is 0 Å². The number of amides is 1. The summed E-state index contributed by atoms with van der Waals surface area (Å²) in [5, 5.41) is 2.86. The van der Waals surface area contributed by atoms with E-state index in [4.69, 9.17) is 15.2 Å². The van der Waals surface area contributed by atoms with Crippen LogP contribution in [0.2, 0.25) is 0 Å². The molecule has 0 radical (unpaired) electrons. The van der Waals surface area contributed by atoms with E-state index in [1.165, 1.54) is 0 Å². The largest absolute Gasteiger partial charge is 0.454 e. The summed E-state index contributed by atoms with van der Waals surface area (Å²) in [5.74, 6) is 1.44. The molecule has 3 N–H and O–H groups in total. The second-order valence-corrected chi connectivity index (χ2v) is 4.57. The molecule has 112 valence electrons. The van der Waals surface area contributed by atoms with Gasteiger partial charge in [0.25, 0.3) is 0 Å². The number of benzene rings is 1. The Kier molecular flexibility index (Phi) is 7.18. The van der Waals surface area contributed by atoms with Crippen molar-refractivity contribution in [3.05, 3.63) is 18.2 Å². The number of carbonyl (C=O) groups is 1. The zero-order valence-corrected chi connectivity index (χ0v) is 12.2. The molecule has 1 aromatic rings. The summed E-state index contributed by atoms with van der Waals surface area (Å²) < 4.78 is 10.5. The minimum Gasteiger partial charge on any atom is -0.454 e. The van der Waals surface area contributed by atoms with E-state index in [2.05, 4.69) is 5.32 Å². The average molecular weight is 301 g/mol. The standard InChI is InChI=1S/C14H20N2O3.ClH/c15-8-4-2-1-3-5-14(17)16-11-6-7-12-13(9-11)19-10-18-12;/h6-7,9H,1-5,8,10,15H2,(H,16,17);1H. The van der Waals surface area contributed by atoms with Gasteiger partial charge in [-0.05, 0) is 31.5 Å². The van der Waals surface area contributed by atoms with E-state index in [1.54, 1.807) is 12.1 Å². The zero-order chi connectivity index (χ0) is 13.5. The highest BCUT2D eigenvalue weighted by Gasteiger charge is 2.13. The number of rotatable bonds is 7. The van der Waals surface area contributed by atoms with Crippen molar-refractivity contribution >= 4 is 24.0 Å². The van der Waals surface area contributed by atoms with Gasteiger partial charge in [-0.1, -0.05) is 12.8 Å². The van der Waals surface area contributed by atoms with Crippen molar-refractivity contribution in [1.82, 2.24) is 0 Å². The summed E-state index contributed by atoms with van der Waals surface area (Å²) in [4.78, 5) is 11.7. The van der Waals surface area contributed by atoms with Crippen molar-refractivity contribution < 1.29 is 14.3 Å². The molecule has 1 amide bonds. The van der Waals surface area contributed by atoms with Crippen molar-refractivity contribution in [2.45, 2.75) is 32.1 Å². The Labute approximate surface area is 125 Å². The maximum absolute atomic E-state index is 11.7. The molecule has 0 spiro atoms. The summed E-state index contributed by atoms with van der Waals surface area (Å²) in [6.07, 6.45) is 4.61. The maximum atomic E-state index is 11.7. The van der Waals surface area contributed by atoms with Gasteiger partial charge < -0.3 is 20.5 Å². The smallest absolute Gasteiger partial charge is 0.231 e. The highest BCUT2D eigenvalue weighted by molar-refractivity contribution is 5.91. The number of fused-ring (bicyclic) bond motifs is 1. The van der Waals surface area contributed by atoms with E-state index in [-0.39, 0.29) is 25.1 Å². The van der Waals surface area contributed by atoms with Gasteiger partial charge in [0.05, 0.1) is 0 Å². The van der Waals surface area contributed by atoms with E-state index < -0.39 is 0 Å². The topological polar surface area (TPSA) is 73.6 Å². The third-order valence-electron chi connectivity index (χ3n) is 3.01. The lowest BCUT2D eigenvalue weighted by Crippen LogP contribution is -2.11. The summed E-state index contributed by atoms with van der Waals surface area (Å²) in [6, 6.07) is 5.41. The number of nitrogens with two attached hydrogens (primary N) is 1. The van der Waals surface area contributed by atoms with Crippen LogP contribution in [0.15, 0.2) is 18.2 Å². The first kappa shape index (κ1) is 16.6. The molecule has 0 atom stereocenters. The SMILES string of the molecule is Cl.NCCCCCCC(=O)Nc1ccc2c(c1)OCO2. The molecule has 6 heteroatoms. The predicted molar refractivity (Wildman–Crippen MR) is 80.6 cm³/mol. The normalized spacial score (nSPS) is 11.8. The summed E-state index contributed by atoms with van der Waals surface area (Å²) in [7, 11) is 0. The number of nitrogens with one attached hydrogen (secondary N) is 1. The molecule has 0 saturated heterocycles. The van der Waals surface area contributed by atoms with Gasteiger partial charge >= 0.3 is 0 Å². The van der Waals surface area contributed by atoms with Gasteiger partial charge in [0.1, 0.15) is 0 Å². The molecular weight excluding hydrogens is 280 g/mol. The molecule has 2 rings (SSSR count). The first-order valence-corrected chi connectivity index (χ1v) is 6.69. The van der Waals surface area contributed by atoms with Crippen molar-refractivity contribution in [2.75, 3.05) is 18.7 Å². The third kappa shape index (κ3) is 4.90. The summed E-state index contributed by atoms with van der Waals surface area (Å²) in [6.45, 7) is 0.970. The molecular formula is C14H21ClN2O3. The van der Waals surface area contributed by atoms with E-state index in [1.807, 2.05) is 6.07 Å². The molecule has 5 nitrogen and oxygen atoms in total. The van der Waals surface area contributed by atoms with Crippen LogP contribution in [0, 0.1) is 0 Å². The first-order valence-electron chi connectivity index (χ1n) is 6.69. The highest BCUT2D eigenvalue weighted by Crippen LogP contribution is 2.34. The number of ether oxygens (including phenoxy) is 2. The van der Waals surface area contributed by atoms with Gasteiger partial charge in [0.15, 0.2) is 11.5 Å². The minimum absolute atomic E-state index is 0. The average Bonchev–Trinajstić information content (AvgIpc) is 2.86. The molecule has 0 fully saturated rings. The number of carbonyl (C=O) groups excluding carboxylic acids is 1. The van der Waals surface area contributed by atoms with Crippen LogP contribution in [0.25, 0.3) is 0 Å². The van der Waals surface area contributed by atoms with Crippen molar-refractivity contribution in [3.8, 4) is 11.5 Å². The quantitative estimate of drug-likeness (QED) is 0.759. The van der Waals surface area contributed by atoms with Crippen molar-refractivity contribution in [1.29, 1.82) is 0 Å². The summed E-state index contributed by atoms with van der Waals surface area (Å²) in [5.41, 5.74) is 6.16. The molecule has 0 saturated carbocycles. The Hall–Kier alpha value is -1.46. The van der Waals surface area contributed by atoms with Crippen LogP contribution in [0.5, 0.6) is 11.5 Å². The van der Waals surface area contributed by atoms with Crippen LogP contribution in [0.3, 0.4) is 0 Å². The van der Waals surface area contributed by atoms with Crippen LogP contribution in [-0.4, -0.2) is 19.2 Å². The Bertz CT molecular complexity index is 440. The van der Waals surface area contributed by atoms with Gasteiger partial charge in [-0.3, -0.25) is 4.79 Å². The van der Waals surface area contributed by atoms with Crippen molar-refractivity contribution in [2.24, 2.45) is 5.73 Å². The number of unbranched alkanes of at least 4 members (excludes halogenated alkanes) is 3. The highest BCUT2D eigenvalue weighted by atomic mass is 35.5. The third-order valence-corrected chi connectivity index (χ3v) is 3.01. The van der Waals surface area contributed by atoms with Crippen LogP contribution < -0.4 is 20.5 Å². The fraction of sp³-hybridized carbons (Fsp3) is 0.500. The van der Waals surface area contributed by atoms with Gasteiger partial charge in [-0.15, -0.1) is 12.4 Å². The molecule has 1 aliphatic rings. The van der Waals surface area contributed by atoms with Crippen molar-refractivity contribution in [3.63, 3.8) is 0 Å². The maximum Gasteiger partial charge on any atom is 0.231 e. The van der Waals surface area contributed by atoms with E-state index in [0.717, 1.165) is 43.7 Å². The summed E-state index contributed by atoms with van der Waals surface area (Å²) >= 11 is 0. The molecule has 0 unspecified atom stereocenters. The molecule has 0 bridgehead atoms. The van der Waals surface area contributed by atoms with Crippen LogP contribution in [0.1, 0.15) is 32.1 Å². The van der Waals surface area contributed by atoms with Crippen LogP contribution in [-0.2, 0) is 4.79 Å². The number of halogens is 1. The molecule has 1 heterocycles. The van der Waals surface area contributed by atoms with E-state index in [9.17, 15) is 4.79 Å². The Morgan fingerprint density at radius 2 is 1.90 bits per heavy atom. The Balaban J connectivity index is 0.00000200. The van der Waals surface area contributed by atoms with Gasteiger partial charge in [-0.2, -0.15) is 0 Å². The molecule has 20 heavy (non-hydrogen) atoms. The zero-order valence-electron chi connectivity index (χ0n) is 11.4. The molecule has 1 aliphatic heterocycles. The lowest BCUT2D eigenvalue weighted by Gasteiger charge is -2.06. The van der Waals surface area contributed by atoms with Gasteiger partial charge in [0.2, 0.25) is 12.7 Å². The number of anilines is 1. The van der Waals surface area contributed by atoms with E-state index >= 15 is 0 Å². The monoisotopic (exact) mass is 300 g/mol. The Morgan fingerprint density at radius 3 is 2.70 bits per heavy atom. The first-order chi connectivity index (χ1) is 9.29. The Morgan fingerprint density at radius 1 is 1.15 bits per heavy atom. The molecule has 0 aliphatic carbocycles. The molecule has 1 aromatic carbocycles. The fourth-order valence-electron chi connectivity index (χ4n) is 1.98. The predicted octanol–water partition coefficient (Wildman–Crippen LogP) is 2.68. The lowest BCUT2D eigenvalue weighted by atomic mass is 10.1. The van der Waals surface area contributed by atoms with E-state index in [0.29, 0.717) is 12.2 Å². The van der Waals surface area contributed by atoms with Crippen LogP contribution in [0.4, 0.5) is 5.69 Å². The number of hydrogen-bond donors (Lipinski definition) is 2.